The highest BCUT2D eigenvalue weighted by Gasteiger charge is 2.18. The lowest BCUT2D eigenvalue weighted by Crippen LogP contribution is -2.45. The van der Waals surface area contributed by atoms with E-state index in [0.717, 1.165) is 38.5 Å². The lowest BCUT2D eigenvalue weighted by Gasteiger charge is -2.19. The summed E-state index contributed by atoms with van der Waals surface area (Å²) in [6.45, 7) is 4.33. The smallest absolute Gasteiger partial charge is 0.220 e. The van der Waals surface area contributed by atoms with Crippen molar-refractivity contribution in [2.45, 2.75) is 334 Å². The minimum atomic E-state index is -0.869. The molecular weight excluding hydrogens is 783 g/mol. The van der Waals surface area contributed by atoms with E-state index in [4.69, 9.17) is 0 Å². The number of nitrogens with one attached hydrogen (secondary N) is 1. The van der Waals surface area contributed by atoms with Crippen molar-refractivity contribution in [2.75, 3.05) is 6.61 Å². The first-order valence-electron chi connectivity index (χ1n) is 29.2. The fourth-order valence-corrected chi connectivity index (χ4v) is 9.16. The van der Waals surface area contributed by atoms with Gasteiger partial charge in [-0.15, -0.1) is 0 Å². The molecule has 0 aliphatic rings. The third-order valence-electron chi connectivity index (χ3n) is 13.6. The number of allylic oxidation sites excluding steroid dienone is 5. The number of aliphatic hydroxyl groups excluding tert-OH is 2. The van der Waals surface area contributed by atoms with Gasteiger partial charge in [-0.25, -0.2) is 0 Å². The Balaban J connectivity index is 3.52. The van der Waals surface area contributed by atoms with Crippen molar-refractivity contribution in [3.05, 3.63) is 36.5 Å². The standard InChI is InChI=1S/C60H115NO3/c1-3-5-7-9-11-13-15-17-19-21-23-25-27-28-29-30-31-32-34-35-37-39-41-43-45-47-49-51-53-55-59(63)58(57-62)61-60(64)56-54-52-50-48-46-44-42-40-38-36-33-26-24-22-20-18-16-14-12-10-8-6-4-2/h37,39,45,47,53,55,58-59,62-63H,3-36,38,40-44,46,48-52,54,56-57H2,1-2H3,(H,61,64)/b39-37+,47-45+,55-53+. The lowest BCUT2D eigenvalue weighted by atomic mass is 10.0. The van der Waals surface area contributed by atoms with Crippen LogP contribution >= 0.6 is 0 Å². The highest BCUT2D eigenvalue weighted by atomic mass is 16.3. The quantitative estimate of drug-likeness (QED) is 0.0421. The van der Waals surface area contributed by atoms with E-state index < -0.39 is 12.1 Å². The minimum Gasteiger partial charge on any atom is -0.394 e. The SMILES string of the molecule is CCCCCCCCCCCCCCCCCCCCC/C=C/CC/C=C/CC/C=C/C(O)C(CO)NC(=O)CCCCCCCCCCCCCCCCCCCCCCCCC. The fourth-order valence-electron chi connectivity index (χ4n) is 9.16. The summed E-state index contributed by atoms with van der Waals surface area (Å²) in [4.78, 5) is 12.5. The molecule has 4 nitrogen and oxygen atoms in total. The monoisotopic (exact) mass is 898 g/mol. The molecule has 0 aromatic heterocycles. The molecule has 0 saturated heterocycles. The van der Waals surface area contributed by atoms with Crippen LogP contribution in [-0.4, -0.2) is 34.9 Å². The maximum atomic E-state index is 12.5. The minimum absolute atomic E-state index is 0.0717. The van der Waals surface area contributed by atoms with Crippen molar-refractivity contribution < 1.29 is 15.0 Å². The van der Waals surface area contributed by atoms with Gasteiger partial charge in [0.15, 0.2) is 0 Å². The number of aliphatic hydroxyl groups is 2. The first-order chi connectivity index (χ1) is 31.7. The predicted molar refractivity (Wildman–Crippen MR) is 285 cm³/mol. The molecule has 2 atom stereocenters. The Morgan fingerprint density at radius 3 is 0.906 bits per heavy atom. The Morgan fingerprint density at radius 2 is 0.609 bits per heavy atom. The van der Waals surface area contributed by atoms with E-state index >= 15 is 0 Å². The van der Waals surface area contributed by atoms with Gasteiger partial charge in [0.05, 0.1) is 18.8 Å². The van der Waals surface area contributed by atoms with Gasteiger partial charge in [-0.1, -0.05) is 307 Å². The van der Waals surface area contributed by atoms with Crippen LogP contribution in [0.4, 0.5) is 0 Å². The zero-order chi connectivity index (χ0) is 46.3. The molecule has 0 bridgehead atoms. The normalized spacial score (nSPS) is 13.0. The Morgan fingerprint density at radius 1 is 0.359 bits per heavy atom. The number of unbranched alkanes of at least 4 members (excludes halogenated alkanes) is 43. The van der Waals surface area contributed by atoms with Crippen LogP contribution in [0.15, 0.2) is 36.5 Å². The fraction of sp³-hybridized carbons (Fsp3) is 0.883. The molecule has 0 aromatic rings. The molecule has 2 unspecified atom stereocenters. The van der Waals surface area contributed by atoms with Crippen molar-refractivity contribution in [3.8, 4) is 0 Å². The maximum absolute atomic E-state index is 12.5. The van der Waals surface area contributed by atoms with Gasteiger partial charge in [-0.2, -0.15) is 0 Å². The highest BCUT2D eigenvalue weighted by molar-refractivity contribution is 5.76. The Bertz CT molecular complexity index is 974. The molecule has 0 aliphatic carbocycles. The number of hydrogen-bond acceptors (Lipinski definition) is 3. The first-order valence-corrected chi connectivity index (χ1v) is 29.2. The number of amides is 1. The van der Waals surface area contributed by atoms with Gasteiger partial charge in [0.2, 0.25) is 5.91 Å². The molecule has 4 heteroatoms. The molecule has 64 heavy (non-hydrogen) atoms. The van der Waals surface area contributed by atoms with Crippen LogP contribution in [0.25, 0.3) is 0 Å². The van der Waals surface area contributed by atoms with E-state index in [9.17, 15) is 15.0 Å². The molecular formula is C60H115NO3. The van der Waals surface area contributed by atoms with Gasteiger partial charge in [-0.3, -0.25) is 4.79 Å². The molecule has 0 aromatic carbocycles. The summed E-state index contributed by atoms with van der Waals surface area (Å²) in [5, 5.41) is 23.2. The van der Waals surface area contributed by atoms with E-state index in [2.05, 4.69) is 43.5 Å². The van der Waals surface area contributed by atoms with Crippen LogP contribution in [0.3, 0.4) is 0 Å². The predicted octanol–water partition coefficient (Wildman–Crippen LogP) is 19.3. The number of rotatable bonds is 54. The van der Waals surface area contributed by atoms with Crippen molar-refractivity contribution in [1.29, 1.82) is 0 Å². The molecule has 0 heterocycles. The Kier molecular flexibility index (Phi) is 54.7. The van der Waals surface area contributed by atoms with E-state index in [-0.39, 0.29) is 12.5 Å². The van der Waals surface area contributed by atoms with Crippen LogP contribution in [0.2, 0.25) is 0 Å². The average Bonchev–Trinajstić information content (AvgIpc) is 3.30. The van der Waals surface area contributed by atoms with Gasteiger partial charge < -0.3 is 15.5 Å². The third kappa shape index (κ3) is 51.6. The number of hydrogen-bond donors (Lipinski definition) is 3. The molecule has 0 radical (unpaired) electrons. The first kappa shape index (κ1) is 62.6. The second kappa shape index (κ2) is 55.9. The molecule has 1 amide bonds. The summed E-state index contributed by atoms with van der Waals surface area (Å²) in [5.74, 6) is -0.0717. The van der Waals surface area contributed by atoms with Crippen molar-refractivity contribution in [1.82, 2.24) is 5.32 Å². The molecule has 378 valence electrons. The summed E-state index contributed by atoms with van der Waals surface area (Å²) in [6.07, 6.45) is 76.1. The second-order valence-electron chi connectivity index (χ2n) is 20.1. The zero-order valence-electron chi connectivity index (χ0n) is 43.6. The Hall–Kier alpha value is -1.39. The van der Waals surface area contributed by atoms with Crippen LogP contribution < -0.4 is 5.32 Å². The van der Waals surface area contributed by atoms with E-state index in [1.165, 1.54) is 263 Å². The van der Waals surface area contributed by atoms with Crippen molar-refractivity contribution >= 4 is 5.91 Å². The molecule has 0 aliphatic heterocycles. The summed E-state index contributed by atoms with van der Waals surface area (Å²) in [5.41, 5.74) is 0. The molecule has 0 fully saturated rings. The largest absolute Gasteiger partial charge is 0.394 e. The van der Waals surface area contributed by atoms with Gasteiger partial charge in [0.25, 0.3) is 0 Å². The molecule has 0 saturated carbocycles. The van der Waals surface area contributed by atoms with Crippen molar-refractivity contribution in [2.24, 2.45) is 0 Å². The van der Waals surface area contributed by atoms with Crippen LogP contribution in [0, 0.1) is 0 Å². The summed E-state index contributed by atoms with van der Waals surface area (Å²) in [7, 11) is 0. The molecule has 0 rings (SSSR count). The summed E-state index contributed by atoms with van der Waals surface area (Å²) >= 11 is 0. The van der Waals surface area contributed by atoms with Gasteiger partial charge in [0, 0.05) is 6.42 Å². The summed E-state index contributed by atoms with van der Waals surface area (Å²) in [6, 6.07) is -0.644. The maximum Gasteiger partial charge on any atom is 0.220 e. The van der Waals surface area contributed by atoms with E-state index in [1.807, 2.05) is 6.08 Å². The van der Waals surface area contributed by atoms with Gasteiger partial charge in [-0.05, 0) is 44.9 Å². The van der Waals surface area contributed by atoms with E-state index in [0.29, 0.717) is 6.42 Å². The third-order valence-corrected chi connectivity index (χ3v) is 13.6. The molecule has 3 N–H and O–H groups in total. The average molecular weight is 899 g/mol. The van der Waals surface area contributed by atoms with E-state index in [1.54, 1.807) is 6.08 Å². The van der Waals surface area contributed by atoms with Crippen molar-refractivity contribution in [3.63, 3.8) is 0 Å². The number of carbonyl (C=O) groups excluding carboxylic acids is 1. The number of carbonyl (C=O) groups is 1. The van der Waals surface area contributed by atoms with Crippen LogP contribution in [-0.2, 0) is 4.79 Å². The zero-order valence-corrected chi connectivity index (χ0v) is 43.6. The van der Waals surface area contributed by atoms with Gasteiger partial charge >= 0.3 is 0 Å². The second-order valence-corrected chi connectivity index (χ2v) is 20.1. The summed E-state index contributed by atoms with van der Waals surface area (Å²) < 4.78 is 0. The Labute approximate surface area is 402 Å². The highest BCUT2D eigenvalue weighted by Crippen LogP contribution is 2.18. The van der Waals surface area contributed by atoms with Gasteiger partial charge in [0.1, 0.15) is 0 Å². The topological polar surface area (TPSA) is 69.6 Å². The van der Waals surface area contributed by atoms with Crippen LogP contribution in [0.1, 0.15) is 322 Å². The molecule has 0 spiro atoms. The van der Waals surface area contributed by atoms with Crippen LogP contribution in [0.5, 0.6) is 0 Å². The lowest BCUT2D eigenvalue weighted by molar-refractivity contribution is -0.123.